The van der Waals surface area contributed by atoms with Gasteiger partial charge in [-0.05, 0) is 35.4 Å². The van der Waals surface area contributed by atoms with Gasteiger partial charge in [0.15, 0.2) is 0 Å². The minimum atomic E-state index is -0.288. The molecule has 0 unspecified atom stereocenters. The van der Waals surface area contributed by atoms with Gasteiger partial charge in [-0.15, -0.1) is 0 Å². The molecule has 2 aromatic carbocycles. The van der Waals surface area contributed by atoms with Crippen molar-refractivity contribution >= 4 is 16.9 Å². The van der Waals surface area contributed by atoms with Crippen molar-refractivity contribution in [3.63, 3.8) is 0 Å². The molecule has 3 aromatic rings. The van der Waals surface area contributed by atoms with Gasteiger partial charge in [-0.1, -0.05) is 12.1 Å². The molecule has 6 nitrogen and oxygen atoms in total. The van der Waals surface area contributed by atoms with E-state index < -0.39 is 0 Å². The second-order valence-electron chi connectivity index (χ2n) is 6.96. The van der Waals surface area contributed by atoms with E-state index in [2.05, 4.69) is 15.2 Å². The molecule has 7 heteroatoms. The van der Waals surface area contributed by atoms with Gasteiger partial charge < -0.3 is 14.6 Å². The highest BCUT2D eigenvalue weighted by atomic mass is 19.1. The summed E-state index contributed by atoms with van der Waals surface area (Å²) < 4.78 is 20.5. The number of nitrogens with one attached hydrogen (secondary N) is 1. The molecule has 146 valence electrons. The fraction of sp³-hybridized carbons (Fsp3) is 0.333. The van der Waals surface area contributed by atoms with Gasteiger partial charge in [-0.2, -0.15) is 0 Å². The smallest absolute Gasteiger partial charge is 0.253 e. The molecule has 1 N–H and O–H groups in total. The summed E-state index contributed by atoms with van der Waals surface area (Å²) in [5.41, 5.74) is 3.78. The molecule has 1 aromatic heterocycles. The van der Waals surface area contributed by atoms with Crippen molar-refractivity contribution in [2.24, 2.45) is 7.05 Å². The molecule has 28 heavy (non-hydrogen) atoms. The van der Waals surface area contributed by atoms with Crippen LogP contribution in [0.5, 0.6) is 0 Å². The monoisotopic (exact) mass is 382 g/mol. The van der Waals surface area contributed by atoms with Crippen LogP contribution in [0.25, 0.3) is 22.2 Å². The van der Waals surface area contributed by atoms with Crippen LogP contribution < -0.4 is 5.32 Å². The number of aryl methyl sites for hydroxylation is 1. The van der Waals surface area contributed by atoms with Crippen molar-refractivity contribution in [3.8, 4) is 11.1 Å². The van der Waals surface area contributed by atoms with Crippen LogP contribution in [-0.2, 0) is 11.8 Å². The lowest BCUT2D eigenvalue weighted by Crippen LogP contribution is -2.41. The molecule has 1 aliphatic heterocycles. The minimum absolute atomic E-state index is 0.133. The molecule has 0 aliphatic carbocycles. The highest BCUT2D eigenvalue weighted by Gasteiger charge is 2.17. The third kappa shape index (κ3) is 3.90. The topological polar surface area (TPSA) is 59.4 Å². The zero-order chi connectivity index (χ0) is 19.5. The zero-order valence-corrected chi connectivity index (χ0v) is 15.8. The van der Waals surface area contributed by atoms with Crippen LogP contribution in [0.1, 0.15) is 10.4 Å². The second-order valence-corrected chi connectivity index (χ2v) is 6.96. The maximum atomic E-state index is 13.3. The number of halogens is 1. The van der Waals surface area contributed by atoms with Crippen molar-refractivity contribution in [1.82, 2.24) is 19.8 Å². The summed E-state index contributed by atoms with van der Waals surface area (Å²) in [6.07, 6.45) is 1.70. The third-order valence-corrected chi connectivity index (χ3v) is 5.05. The van der Waals surface area contributed by atoms with Crippen LogP contribution in [0.2, 0.25) is 0 Å². The average molecular weight is 382 g/mol. The maximum absolute atomic E-state index is 13.3. The largest absolute Gasteiger partial charge is 0.379 e. The van der Waals surface area contributed by atoms with Gasteiger partial charge >= 0.3 is 0 Å². The number of aromatic nitrogens is 2. The summed E-state index contributed by atoms with van der Waals surface area (Å²) in [7, 11) is 1.87. The minimum Gasteiger partial charge on any atom is -0.379 e. The van der Waals surface area contributed by atoms with Crippen molar-refractivity contribution < 1.29 is 13.9 Å². The predicted octanol–water partition coefficient (Wildman–Crippen LogP) is 2.44. The molecule has 1 aliphatic rings. The van der Waals surface area contributed by atoms with E-state index in [4.69, 9.17) is 4.74 Å². The number of imidazole rings is 1. The molecule has 0 bridgehead atoms. The zero-order valence-electron chi connectivity index (χ0n) is 15.8. The quantitative estimate of drug-likeness (QED) is 0.736. The van der Waals surface area contributed by atoms with Gasteiger partial charge in [0.2, 0.25) is 0 Å². The van der Waals surface area contributed by atoms with Crippen LogP contribution in [0.3, 0.4) is 0 Å². The molecule has 0 saturated carbocycles. The number of carbonyl (C=O) groups excluding carboxylic acids is 1. The standard InChI is InChI=1S/C21H23FN4O2/c1-25-14-24-19-13-16(15-2-4-17(22)5-3-15)12-18(20(19)25)21(27)23-6-7-26-8-10-28-11-9-26/h2-5,12-14H,6-11H2,1H3,(H,23,27). The lowest BCUT2D eigenvalue weighted by molar-refractivity contribution is 0.0383. The van der Waals surface area contributed by atoms with Gasteiger partial charge in [-0.3, -0.25) is 9.69 Å². The van der Waals surface area contributed by atoms with Crippen LogP contribution >= 0.6 is 0 Å². The van der Waals surface area contributed by atoms with Crippen molar-refractivity contribution in [2.45, 2.75) is 0 Å². The van der Waals surface area contributed by atoms with Crippen molar-refractivity contribution in [2.75, 3.05) is 39.4 Å². The summed E-state index contributed by atoms with van der Waals surface area (Å²) in [5.74, 6) is -0.422. The van der Waals surface area contributed by atoms with E-state index in [1.165, 1.54) is 12.1 Å². The lowest BCUT2D eigenvalue weighted by Gasteiger charge is -2.26. The summed E-state index contributed by atoms with van der Waals surface area (Å²) in [6, 6.07) is 10.0. The van der Waals surface area contributed by atoms with Gasteiger partial charge in [0.05, 0.1) is 36.1 Å². The molecule has 1 fully saturated rings. The van der Waals surface area contributed by atoms with Gasteiger partial charge in [0.1, 0.15) is 5.82 Å². The summed E-state index contributed by atoms with van der Waals surface area (Å²) in [5, 5.41) is 3.02. The Morgan fingerprint density at radius 2 is 1.93 bits per heavy atom. The Labute approximate surface area is 162 Å². The summed E-state index contributed by atoms with van der Waals surface area (Å²) in [4.78, 5) is 19.6. The molecule has 0 spiro atoms. The van der Waals surface area contributed by atoms with Gasteiger partial charge in [0.25, 0.3) is 5.91 Å². The first-order valence-corrected chi connectivity index (χ1v) is 9.41. The van der Waals surface area contributed by atoms with Crippen molar-refractivity contribution in [3.05, 3.63) is 54.1 Å². The highest BCUT2D eigenvalue weighted by Crippen LogP contribution is 2.27. The van der Waals surface area contributed by atoms with Crippen LogP contribution in [-0.4, -0.2) is 59.8 Å². The van der Waals surface area contributed by atoms with E-state index in [0.29, 0.717) is 12.1 Å². The molecule has 2 heterocycles. The molecule has 1 amide bonds. The van der Waals surface area contributed by atoms with E-state index >= 15 is 0 Å². The number of ether oxygens (including phenoxy) is 1. The number of rotatable bonds is 5. The molecule has 1 saturated heterocycles. The Kier molecular flexibility index (Phi) is 5.36. The van der Waals surface area contributed by atoms with E-state index in [1.54, 1.807) is 18.5 Å². The Hall–Kier alpha value is -2.77. The SMILES string of the molecule is Cn1cnc2cc(-c3ccc(F)cc3)cc(C(=O)NCCN3CCOCC3)c21. The van der Waals surface area contributed by atoms with E-state index in [9.17, 15) is 9.18 Å². The number of nitrogens with zero attached hydrogens (tertiary/aromatic N) is 3. The van der Waals surface area contributed by atoms with E-state index in [0.717, 1.165) is 55.0 Å². The first-order chi connectivity index (χ1) is 13.6. The number of amides is 1. The fourth-order valence-electron chi connectivity index (χ4n) is 3.52. The summed E-state index contributed by atoms with van der Waals surface area (Å²) >= 11 is 0. The van der Waals surface area contributed by atoms with Crippen LogP contribution in [0, 0.1) is 5.82 Å². The Morgan fingerprint density at radius 1 is 1.18 bits per heavy atom. The Bertz CT molecular complexity index is 978. The number of fused-ring (bicyclic) bond motifs is 1. The molecule has 0 radical (unpaired) electrons. The molecule has 0 atom stereocenters. The fourth-order valence-corrected chi connectivity index (χ4v) is 3.52. The lowest BCUT2D eigenvalue weighted by atomic mass is 10.0. The number of benzene rings is 2. The third-order valence-electron chi connectivity index (χ3n) is 5.05. The van der Waals surface area contributed by atoms with Crippen LogP contribution in [0.4, 0.5) is 4.39 Å². The molecular weight excluding hydrogens is 359 g/mol. The predicted molar refractivity (Wildman–Crippen MR) is 106 cm³/mol. The van der Waals surface area contributed by atoms with Crippen LogP contribution in [0.15, 0.2) is 42.7 Å². The van der Waals surface area contributed by atoms with Crippen molar-refractivity contribution in [1.29, 1.82) is 0 Å². The summed E-state index contributed by atoms with van der Waals surface area (Å²) in [6.45, 7) is 4.62. The first-order valence-electron chi connectivity index (χ1n) is 9.41. The highest BCUT2D eigenvalue weighted by molar-refractivity contribution is 6.06. The Balaban J connectivity index is 1.58. The maximum Gasteiger partial charge on any atom is 0.253 e. The number of hydrogen-bond donors (Lipinski definition) is 1. The van der Waals surface area contributed by atoms with Gasteiger partial charge in [-0.25, -0.2) is 9.37 Å². The van der Waals surface area contributed by atoms with E-state index in [-0.39, 0.29) is 11.7 Å². The van der Waals surface area contributed by atoms with Gasteiger partial charge in [0, 0.05) is 33.2 Å². The second kappa shape index (κ2) is 8.08. The first kappa shape index (κ1) is 18.6. The molecule has 4 rings (SSSR count). The Morgan fingerprint density at radius 3 is 2.68 bits per heavy atom. The number of hydrogen-bond acceptors (Lipinski definition) is 4. The number of carbonyl (C=O) groups is 1. The van der Waals surface area contributed by atoms with E-state index in [1.807, 2.05) is 23.7 Å². The average Bonchev–Trinajstić information content (AvgIpc) is 3.09. The molecular formula is C21H23FN4O2. The normalized spacial score (nSPS) is 15.1. The number of morpholine rings is 1.